The minimum absolute atomic E-state index is 0.587. The molecule has 0 amide bonds. The van der Waals surface area contributed by atoms with Gasteiger partial charge < -0.3 is 0 Å². The van der Waals surface area contributed by atoms with E-state index in [4.69, 9.17) is 4.94 Å². The standard InChI is InChI=1S/C9H16N2O/c1-2-6-4-8-9(11-12-10-8)5-7(6)3-1/h6-11H,1-5H2. The summed E-state index contributed by atoms with van der Waals surface area (Å²) in [7, 11) is 0. The maximum Gasteiger partial charge on any atom is 0.0520 e. The Morgan fingerprint density at radius 2 is 1.50 bits per heavy atom. The Kier molecular flexibility index (Phi) is 1.63. The number of nitrogens with one attached hydrogen (secondary N) is 2. The minimum atomic E-state index is 0.587. The van der Waals surface area contributed by atoms with Gasteiger partial charge in [-0.1, -0.05) is 19.3 Å². The van der Waals surface area contributed by atoms with Gasteiger partial charge in [0.15, 0.2) is 0 Å². The second-order valence-electron chi connectivity index (χ2n) is 4.47. The van der Waals surface area contributed by atoms with Crippen LogP contribution in [0, 0.1) is 11.8 Å². The van der Waals surface area contributed by atoms with Crippen molar-refractivity contribution in [3.8, 4) is 0 Å². The van der Waals surface area contributed by atoms with Crippen LogP contribution in [-0.4, -0.2) is 12.1 Å². The van der Waals surface area contributed by atoms with Crippen molar-refractivity contribution in [1.82, 2.24) is 11.0 Å². The van der Waals surface area contributed by atoms with E-state index < -0.39 is 0 Å². The van der Waals surface area contributed by atoms with Gasteiger partial charge in [-0.25, -0.2) is 4.94 Å². The Morgan fingerprint density at radius 1 is 0.917 bits per heavy atom. The minimum Gasteiger partial charge on any atom is -0.213 e. The lowest BCUT2D eigenvalue weighted by Crippen LogP contribution is -2.42. The molecular weight excluding hydrogens is 152 g/mol. The highest BCUT2D eigenvalue weighted by atomic mass is 16.8. The summed E-state index contributed by atoms with van der Waals surface area (Å²) in [5.41, 5.74) is 6.12. The fourth-order valence-corrected chi connectivity index (χ4v) is 3.16. The van der Waals surface area contributed by atoms with E-state index in [-0.39, 0.29) is 0 Å². The Balaban J connectivity index is 1.75. The molecule has 0 spiro atoms. The first-order chi connectivity index (χ1) is 5.93. The number of hydroxylamine groups is 2. The van der Waals surface area contributed by atoms with Gasteiger partial charge in [0.1, 0.15) is 0 Å². The van der Waals surface area contributed by atoms with Gasteiger partial charge in [0, 0.05) is 0 Å². The first-order valence-electron chi connectivity index (χ1n) is 5.10. The summed E-state index contributed by atoms with van der Waals surface area (Å²) < 4.78 is 0. The monoisotopic (exact) mass is 168 g/mol. The van der Waals surface area contributed by atoms with Gasteiger partial charge in [-0.3, -0.25) is 0 Å². The smallest absolute Gasteiger partial charge is 0.0520 e. The Bertz CT molecular complexity index is 149. The number of hydrogen-bond acceptors (Lipinski definition) is 3. The van der Waals surface area contributed by atoms with Crippen LogP contribution in [0.5, 0.6) is 0 Å². The maximum absolute atomic E-state index is 5.06. The molecule has 12 heavy (non-hydrogen) atoms. The van der Waals surface area contributed by atoms with E-state index in [0.717, 1.165) is 11.8 Å². The highest BCUT2D eigenvalue weighted by Gasteiger charge is 2.41. The van der Waals surface area contributed by atoms with Crippen LogP contribution < -0.4 is 11.0 Å². The molecule has 4 atom stereocenters. The lowest BCUT2D eigenvalue weighted by atomic mass is 9.77. The summed E-state index contributed by atoms with van der Waals surface area (Å²) in [6.07, 6.45) is 7.01. The van der Waals surface area contributed by atoms with Crippen molar-refractivity contribution >= 4 is 0 Å². The molecule has 0 aromatic carbocycles. The second kappa shape index (κ2) is 2.69. The van der Waals surface area contributed by atoms with Crippen molar-refractivity contribution in [2.75, 3.05) is 0 Å². The quantitative estimate of drug-likeness (QED) is 0.565. The van der Waals surface area contributed by atoms with Crippen LogP contribution in [0.2, 0.25) is 0 Å². The molecule has 3 rings (SSSR count). The lowest BCUT2D eigenvalue weighted by Gasteiger charge is -2.32. The average molecular weight is 168 g/mol. The SMILES string of the molecule is C1CC2CC3NONC3CC2C1. The molecule has 0 aromatic heterocycles. The number of fused-ring (bicyclic) bond motifs is 2. The summed E-state index contributed by atoms with van der Waals surface area (Å²) in [6, 6.07) is 1.17. The Hall–Kier alpha value is -0.120. The van der Waals surface area contributed by atoms with Crippen LogP contribution in [0.25, 0.3) is 0 Å². The molecule has 3 aliphatic rings. The zero-order valence-electron chi connectivity index (χ0n) is 7.25. The molecule has 0 aromatic rings. The molecule has 3 fully saturated rings. The van der Waals surface area contributed by atoms with E-state index in [1.807, 2.05) is 0 Å². The van der Waals surface area contributed by atoms with Gasteiger partial charge in [-0.15, -0.1) is 0 Å². The Morgan fingerprint density at radius 3 is 2.08 bits per heavy atom. The van der Waals surface area contributed by atoms with Crippen LogP contribution in [0.4, 0.5) is 0 Å². The third kappa shape index (κ3) is 1.00. The maximum atomic E-state index is 5.06. The zero-order valence-corrected chi connectivity index (χ0v) is 7.25. The highest BCUT2D eigenvalue weighted by Crippen LogP contribution is 2.42. The molecule has 1 heterocycles. The molecule has 68 valence electrons. The molecule has 3 nitrogen and oxygen atoms in total. The van der Waals surface area contributed by atoms with Crippen molar-refractivity contribution in [2.45, 2.75) is 44.2 Å². The van der Waals surface area contributed by atoms with Gasteiger partial charge in [-0.05, 0) is 24.7 Å². The molecular formula is C9H16N2O. The normalized spacial score (nSPS) is 52.0. The van der Waals surface area contributed by atoms with Crippen LogP contribution in [-0.2, 0) is 4.94 Å². The van der Waals surface area contributed by atoms with Crippen molar-refractivity contribution in [3.05, 3.63) is 0 Å². The third-order valence-corrected chi connectivity index (χ3v) is 3.84. The predicted molar refractivity (Wildman–Crippen MR) is 45.0 cm³/mol. The number of hydrogen-bond donors (Lipinski definition) is 2. The van der Waals surface area contributed by atoms with Crippen molar-refractivity contribution in [1.29, 1.82) is 0 Å². The predicted octanol–water partition coefficient (Wildman–Crippen LogP) is 0.973. The van der Waals surface area contributed by atoms with Crippen LogP contribution in [0.3, 0.4) is 0 Å². The van der Waals surface area contributed by atoms with Crippen molar-refractivity contribution < 1.29 is 4.94 Å². The molecule has 3 heteroatoms. The average Bonchev–Trinajstić information content (AvgIpc) is 2.64. The molecule has 1 saturated heterocycles. The van der Waals surface area contributed by atoms with Crippen molar-refractivity contribution in [2.24, 2.45) is 11.8 Å². The van der Waals surface area contributed by atoms with E-state index in [1.54, 1.807) is 0 Å². The van der Waals surface area contributed by atoms with Crippen LogP contribution in [0.1, 0.15) is 32.1 Å². The van der Waals surface area contributed by atoms with Crippen molar-refractivity contribution in [3.63, 3.8) is 0 Å². The molecule has 4 unspecified atom stereocenters. The van der Waals surface area contributed by atoms with Gasteiger partial charge in [0.05, 0.1) is 12.1 Å². The van der Waals surface area contributed by atoms with E-state index in [9.17, 15) is 0 Å². The van der Waals surface area contributed by atoms with E-state index in [2.05, 4.69) is 11.0 Å². The highest BCUT2D eigenvalue weighted by molar-refractivity contribution is 4.95. The second-order valence-corrected chi connectivity index (χ2v) is 4.47. The third-order valence-electron chi connectivity index (χ3n) is 3.84. The molecule has 0 radical (unpaired) electrons. The summed E-state index contributed by atoms with van der Waals surface area (Å²) in [6.45, 7) is 0. The van der Waals surface area contributed by atoms with Gasteiger partial charge in [0.2, 0.25) is 0 Å². The van der Waals surface area contributed by atoms with Gasteiger partial charge >= 0.3 is 0 Å². The molecule has 2 aliphatic carbocycles. The zero-order chi connectivity index (χ0) is 7.97. The molecule has 1 aliphatic heterocycles. The molecule has 0 bridgehead atoms. The first-order valence-corrected chi connectivity index (χ1v) is 5.10. The van der Waals surface area contributed by atoms with E-state index in [1.165, 1.54) is 32.1 Å². The van der Waals surface area contributed by atoms with Gasteiger partial charge in [0.25, 0.3) is 0 Å². The molecule has 2 saturated carbocycles. The summed E-state index contributed by atoms with van der Waals surface area (Å²) in [4.78, 5) is 5.06. The van der Waals surface area contributed by atoms with E-state index in [0.29, 0.717) is 12.1 Å². The fourth-order valence-electron chi connectivity index (χ4n) is 3.16. The van der Waals surface area contributed by atoms with Crippen LogP contribution >= 0.6 is 0 Å². The lowest BCUT2D eigenvalue weighted by molar-refractivity contribution is 0.00885. The molecule has 2 N–H and O–H groups in total. The first kappa shape index (κ1) is 7.30. The topological polar surface area (TPSA) is 33.3 Å². The summed E-state index contributed by atoms with van der Waals surface area (Å²) >= 11 is 0. The number of rotatable bonds is 0. The summed E-state index contributed by atoms with van der Waals surface area (Å²) in [5.74, 6) is 1.98. The summed E-state index contributed by atoms with van der Waals surface area (Å²) in [5, 5.41) is 0. The van der Waals surface area contributed by atoms with E-state index >= 15 is 0 Å². The van der Waals surface area contributed by atoms with Crippen LogP contribution in [0.15, 0.2) is 0 Å². The van der Waals surface area contributed by atoms with Gasteiger partial charge in [-0.2, -0.15) is 11.0 Å². The Labute approximate surface area is 72.8 Å². The fraction of sp³-hybridized carbons (Fsp3) is 1.00. The largest absolute Gasteiger partial charge is 0.213 e.